The Bertz CT molecular complexity index is 967. The number of carbonyl (C=O) groups excluding carboxylic acids is 1. The molecule has 3 aromatic rings. The normalized spacial score (nSPS) is 13.0. The molecule has 5 heteroatoms. The van der Waals surface area contributed by atoms with Crippen LogP contribution in [0.5, 0.6) is 5.75 Å². The lowest BCUT2D eigenvalue weighted by Crippen LogP contribution is -2.11. The minimum atomic E-state index is -0.386. The molecule has 194 valence electrons. The number of hydrogen-bond donors (Lipinski definition) is 2. The summed E-state index contributed by atoms with van der Waals surface area (Å²) < 4.78 is 5.89. The first-order valence-electron chi connectivity index (χ1n) is 12.8. The predicted octanol–water partition coefficient (Wildman–Crippen LogP) is 6.88. The predicted molar refractivity (Wildman–Crippen MR) is 151 cm³/mol. The molecule has 4 N–H and O–H groups in total. The van der Waals surface area contributed by atoms with E-state index in [1.807, 2.05) is 68.4 Å². The molecular formula is C31H43N3O2. The van der Waals surface area contributed by atoms with Crippen LogP contribution in [-0.2, 0) is 6.61 Å². The maximum atomic E-state index is 11.4. The van der Waals surface area contributed by atoms with E-state index in [4.69, 9.17) is 10.5 Å². The summed E-state index contributed by atoms with van der Waals surface area (Å²) >= 11 is 0. The van der Waals surface area contributed by atoms with Crippen LogP contribution in [0.4, 0.5) is 0 Å². The first kappa shape index (κ1) is 30.6. The van der Waals surface area contributed by atoms with Gasteiger partial charge in [-0.05, 0) is 66.9 Å². The van der Waals surface area contributed by atoms with Crippen molar-refractivity contribution >= 4 is 5.91 Å². The Morgan fingerprint density at radius 1 is 0.944 bits per heavy atom. The molecule has 1 aliphatic rings. The Balaban J connectivity index is 0.00000101. The van der Waals surface area contributed by atoms with E-state index in [1.54, 1.807) is 6.20 Å². The second-order valence-corrected chi connectivity index (χ2v) is 8.10. The topological polar surface area (TPSA) is 91.2 Å². The summed E-state index contributed by atoms with van der Waals surface area (Å²) in [5, 5.41) is 0. The molecule has 5 nitrogen and oxygen atoms in total. The fourth-order valence-electron chi connectivity index (χ4n) is 4.36. The van der Waals surface area contributed by atoms with E-state index in [9.17, 15) is 4.79 Å². The lowest BCUT2D eigenvalue weighted by atomic mass is 9.83. The van der Waals surface area contributed by atoms with E-state index in [1.165, 1.54) is 43.9 Å². The summed E-state index contributed by atoms with van der Waals surface area (Å²) in [6, 6.07) is 22.0. The van der Waals surface area contributed by atoms with Gasteiger partial charge in [-0.15, -0.1) is 13.2 Å². The van der Waals surface area contributed by atoms with Crippen LogP contribution in [0.25, 0.3) is 0 Å². The highest BCUT2D eigenvalue weighted by Gasteiger charge is 2.23. The number of rotatable bonds is 8. The average Bonchev–Trinajstić information content (AvgIpc) is 3.48. The highest BCUT2D eigenvalue weighted by atomic mass is 16.5. The number of nitrogens with two attached hydrogens (primary N) is 2. The highest BCUT2D eigenvalue weighted by Crippen LogP contribution is 2.38. The quantitative estimate of drug-likeness (QED) is 0.338. The van der Waals surface area contributed by atoms with E-state index in [0.29, 0.717) is 18.1 Å². The zero-order valence-corrected chi connectivity index (χ0v) is 22.2. The summed E-state index contributed by atoms with van der Waals surface area (Å²) in [6.07, 6.45) is 8.18. The molecule has 1 amide bonds. The number of primary amides is 1. The molecule has 0 saturated heterocycles. The number of aromatic nitrogens is 1. The minimum Gasteiger partial charge on any atom is -0.487 e. The average molecular weight is 490 g/mol. The molecule has 0 aliphatic heterocycles. The lowest BCUT2D eigenvalue weighted by Gasteiger charge is -2.22. The number of hydrogen-bond acceptors (Lipinski definition) is 4. The summed E-state index contributed by atoms with van der Waals surface area (Å²) in [5.74, 6) is 1.52. The highest BCUT2D eigenvalue weighted by molar-refractivity contribution is 5.92. The van der Waals surface area contributed by atoms with Crippen molar-refractivity contribution in [3.8, 4) is 5.75 Å². The largest absolute Gasteiger partial charge is 0.487 e. The van der Waals surface area contributed by atoms with Crippen molar-refractivity contribution in [2.45, 2.75) is 58.5 Å². The number of pyridine rings is 1. The van der Waals surface area contributed by atoms with Gasteiger partial charge >= 0.3 is 0 Å². The standard InChI is InChI=1S/C26H28N2O2.C2H6.C2H4.CH5N/c27-26(29)22-10-8-20(9-11-22)25(17-19-5-1-2-6-19)21-12-14-24(15-13-21)30-18-23-7-3-4-16-28-23;3*1-2/h3-4,7-16,19,25H,1-2,5-6,17-18H2,(H2,27,29);1-2H3;1-2H2;2H2,1H3. The van der Waals surface area contributed by atoms with Crippen LogP contribution in [0.15, 0.2) is 86.1 Å². The monoisotopic (exact) mass is 489 g/mol. The van der Waals surface area contributed by atoms with E-state index in [-0.39, 0.29) is 5.91 Å². The van der Waals surface area contributed by atoms with Crippen LogP contribution in [-0.4, -0.2) is 17.9 Å². The second-order valence-electron chi connectivity index (χ2n) is 8.10. The fraction of sp³-hybridized carbons (Fsp3) is 0.355. The van der Waals surface area contributed by atoms with Crippen LogP contribution in [0.1, 0.15) is 79.0 Å². The molecule has 1 fully saturated rings. The summed E-state index contributed by atoms with van der Waals surface area (Å²) in [4.78, 5) is 15.7. The zero-order chi connectivity index (χ0) is 26.8. The van der Waals surface area contributed by atoms with E-state index in [2.05, 4.69) is 36.0 Å². The Morgan fingerprint density at radius 3 is 2.00 bits per heavy atom. The molecule has 1 aliphatic carbocycles. The van der Waals surface area contributed by atoms with Crippen LogP contribution < -0.4 is 16.2 Å². The molecule has 36 heavy (non-hydrogen) atoms. The van der Waals surface area contributed by atoms with Gasteiger partial charge in [0, 0.05) is 17.7 Å². The molecule has 1 aromatic heterocycles. The summed E-state index contributed by atoms with van der Waals surface area (Å²) in [7, 11) is 1.50. The van der Waals surface area contributed by atoms with Gasteiger partial charge in [0.05, 0.1) is 5.69 Å². The first-order valence-corrected chi connectivity index (χ1v) is 12.8. The van der Waals surface area contributed by atoms with Crippen molar-refractivity contribution in [1.29, 1.82) is 0 Å². The molecule has 1 saturated carbocycles. The van der Waals surface area contributed by atoms with E-state index >= 15 is 0 Å². The fourth-order valence-corrected chi connectivity index (χ4v) is 4.36. The first-order chi connectivity index (χ1) is 17.7. The van der Waals surface area contributed by atoms with Gasteiger partial charge in [0.15, 0.2) is 0 Å². The smallest absolute Gasteiger partial charge is 0.248 e. The van der Waals surface area contributed by atoms with Crippen molar-refractivity contribution in [2.24, 2.45) is 17.4 Å². The van der Waals surface area contributed by atoms with Gasteiger partial charge in [0.1, 0.15) is 12.4 Å². The van der Waals surface area contributed by atoms with Gasteiger partial charge in [-0.25, -0.2) is 0 Å². The maximum absolute atomic E-state index is 11.4. The van der Waals surface area contributed by atoms with Crippen molar-refractivity contribution in [3.63, 3.8) is 0 Å². The molecule has 2 aromatic carbocycles. The van der Waals surface area contributed by atoms with Gasteiger partial charge in [-0.2, -0.15) is 0 Å². The van der Waals surface area contributed by atoms with E-state index < -0.39 is 0 Å². The Hall–Kier alpha value is -3.44. The van der Waals surface area contributed by atoms with Gasteiger partial charge in [-0.1, -0.05) is 69.9 Å². The van der Waals surface area contributed by atoms with Crippen molar-refractivity contribution in [2.75, 3.05) is 7.05 Å². The number of benzene rings is 2. The Labute approximate surface area is 217 Å². The number of amides is 1. The number of carbonyl (C=O) groups is 1. The second kappa shape index (κ2) is 17.9. The zero-order valence-electron chi connectivity index (χ0n) is 22.2. The van der Waals surface area contributed by atoms with Crippen molar-refractivity contribution in [1.82, 2.24) is 4.98 Å². The van der Waals surface area contributed by atoms with Gasteiger partial charge in [0.25, 0.3) is 0 Å². The molecule has 1 unspecified atom stereocenters. The minimum absolute atomic E-state index is 0.305. The number of ether oxygens (including phenoxy) is 1. The van der Waals surface area contributed by atoms with Crippen molar-refractivity contribution in [3.05, 3.63) is 108 Å². The summed E-state index contributed by atoms with van der Waals surface area (Å²) in [5.41, 5.74) is 13.9. The molecule has 1 atom stereocenters. The van der Waals surface area contributed by atoms with Gasteiger partial charge in [0.2, 0.25) is 5.91 Å². The van der Waals surface area contributed by atoms with Crippen molar-refractivity contribution < 1.29 is 9.53 Å². The van der Waals surface area contributed by atoms with Crippen LogP contribution in [0.2, 0.25) is 0 Å². The molecule has 1 heterocycles. The van der Waals surface area contributed by atoms with Crippen LogP contribution in [0, 0.1) is 5.92 Å². The molecule has 0 spiro atoms. The third-order valence-corrected chi connectivity index (χ3v) is 6.04. The molecule has 0 bridgehead atoms. The van der Waals surface area contributed by atoms with Crippen LogP contribution in [0.3, 0.4) is 0 Å². The van der Waals surface area contributed by atoms with E-state index in [0.717, 1.165) is 23.8 Å². The SMILES string of the molecule is C=C.CC.CN.NC(=O)c1ccc(C(CC2CCCC2)c2ccc(OCc3ccccn3)cc2)cc1. The van der Waals surface area contributed by atoms with Gasteiger partial charge < -0.3 is 16.2 Å². The number of nitrogens with zero attached hydrogens (tertiary/aromatic N) is 1. The van der Waals surface area contributed by atoms with Gasteiger partial charge in [-0.3, -0.25) is 9.78 Å². The third-order valence-electron chi connectivity index (χ3n) is 6.04. The third kappa shape index (κ3) is 9.67. The Morgan fingerprint density at radius 2 is 1.50 bits per heavy atom. The molecule has 0 radical (unpaired) electrons. The molecule has 4 rings (SSSR count). The lowest BCUT2D eigenvalue weighted by molar-refractivity contribution is 0.1000. The Kier molecular flexibility index (Phi) is 15.2. The molecular weight excluding hydrogens is 446 g/mol. The maximum Gasteiger partial charge on any atom is 0.248 e. The summed E-state index contributed by atoms with van der Waals surface area (Å²) in [6.45, 7) is 10.5. The van der Waals surface area contributed by atoms with Crippen LogP contribution >= 0.6 is 0 Å².